The van der Waals surface area contributed by atoms with E-state index in [1.807, 2.05) is 32.0 Å². The predicted octanol–water partition coefficient (Wildman–Crippen LogP) is 3.20. The number of hydrogen-bond donors (Lipinski definition) is 0. The van der Waals surface area contributed by atoms with Crippen LogP contribution in [0.15, 0.2) is 42.2 Å². The third kappa shape index (κ3) is 3.42. The van der Waals surface area contributed by atoms with Gasteiger partial charge >= 0.3 is 0 Å². The minimum atomic E-state index is -0.709. The second-order valence-corrected chi connectivity index (χ2v) is 8.92. The average molecular weight is 400 g/mol. The number of benzene rings is 1. The maximum atomic E-state index is 13.0. The van der Waals surface area contributed by atoms with Gasteiger partial charge in [-0.1, -0.05) is 30.3 Å². The highest BCUT2D eigenvalue weighted by Gasteiger charge is 2.63. The van der Waals surface area contributed by atoms with Crippen molar-refractivity contribution in [1.82, 2.24) is 0 Å². The number of rotatable bonds is 4. The zero-order chi connectivity index (χ0) is 20.2. The summed E-state index contributed by atoms with van der Waals surface area (Å²) >= 11 is 0. The lowest BCUT2D eigenvalue weighted by Crippen LogP contribution is -2.53. The van der Waals surface area contributed by atoms with Gasteiger partial charge in [0.15, 0.2) is 17.9 Å². The van der Waals surface area contributed by atoms with Crippen molar-refractivity contribution in [3.05, 3.63) is 47.7 Å². The number of methoxy groups -OCH3 is 1. The van der Waals surface area contributed by atoms with E-state index in [4.69, 9.17) is 23.7 Å². The zero-order valence-electron chi connectivity index (χ0n) is 17.1. The van der Waals surface area contributed by atoms with Crippen molar-refractivity contribution >= 4 is 5.78 Å². The highest BCUT2D eigenvalue weighted by molar-refractivity contribution is 5.93. The normalized spacial score (nSPS) is 40.0. The number of allylic oxidation sites excluding steroid dienone is 2. The van der Waals surface area contributed by atoms with Gasteiger partial charge in [0.25, 0.3) is 0 Å². The number of ketones is 1. The predicted molar refractivity (Wildman–Crippen MR) is 104 cm³/mol. The van der Waals surface area contributed by atoms with Crippen molar-refractivity contribution in [2.45, 2.75) is 63.7 Å². The van der Waals surface area contributed by atoms with Gasteiger partial charge < -0.3 is 23.7 Å². The molecule has 2 saturated heterocycles. The lowest BCUT2D eigenvalue weighted by atomic mass is 9.63. The Balaban J connectivity index is 1.42. The highest BCUT2D eigenvalue weighted by Crippen LogP contribution is 2.53. The standard InChI is InChI=1S/C23H28O6/c1-23(2)28-21-19-18-14(9-15(25-3)11-16(18)24)10-17(20(19)27-22(21)29-23)26-12-13-7-5-4-6-8-13/h4-8,11,14,17-22H,9-10,12H2,1-3H3/t14-,17-,18+,19+,20+,21+,22+/m0/s1. The molecule has 0 N–H and O–H groups in total. The molecule has 5 rings (SSSR count). The van der Waals surface area contributed by atoms with Crippen LogP contribution in [0.4, 0.5) is 0 Å². The van der Waals surface area contributed by atoms with Gasteiger partial charge in [0.05, 0.1) is 31.7 Å². The Bertz CT molecular complexity index is 803. The van der Waals surface area contributed by atoms with Crippen LogP contribution in [0.1, 0.15) is 32.3 Å². The number of carbonyl (C=O) groups excluding carboxylic acids is 1. The molecule has 3 fully saturated rings. The lowest BCUT2D eigenvalue weighted by molar-refractivity contribution is -0.235. The molecule has 6 nitrogen and oxygen atoms in total. The third-order valence-electron chi connectivity index (χ3n) is 6.63. The molecular weight excluding hydrogens is 372 g/mol. The molecule has 0 aromatic heterocycles. The molecule has 2 aliphatic heterocycles. The molecule has 4 aliphatic rings. The van der Waals surface area contributed by atoms with Gasteiger partial charge in [-0.15, -0.1) is 0 Å². The smallest absolute Gasteiger partial charge is 0.187 e. The van der Waals surface area contributed by atoms with E-state index < -0.39 is 12.1 Å². The van der Waals surface area contributed by atoms with Gasteiger partial charge in [-0.3, -0.25) is 4.79 Å². The summed E-state index contributed by atoms with van der Waals surface area (Å²) < 4.78 is 30.2. The number of carbonyl (C=O) groups is 1. The van der Waals surface area contributed by atoms with E-state index in [1.54, 1.807) is 13.2 Å². The minimum absolute atomic E-state index is 0.0801. The van der Waals surface area contributed by atoms with Gasteiger partial charge in [0.2, 0.25) is 0 Å². The van der Waals surface area contributed by atoms with E-state index >= 15 is 0 Å². The van der Waals surface area contributed by atoms with Crippen LogP contribution in [0.5, 0.6) is 0 Å². The molecule has 0 unspecified atom stereocenters. The van der Waals surface area contributed by atoms with E-state index in [1.165, 1.54) is 0 Å². The Morgan fingerprint density at radius 3 is 2.69 bits per heavy atom. The Morgan fingerprint density at radius 1 is 1.14 bits per heavy atom. The molecule has 0 spiro atoms. The third-order valence-corrected chi connectivity index (χ3v) is 6.63. The monoisotopic (exact) mass is 400 g/mol. The summed E-state index contributed by atoms with van der Waals surface area (Å²) in [6.07, 6.45) is 2.10. The molecule has 1 saturated carbocycles. The first-order chi connectivity index (χ1) is 13.9. The zero-order valence-corrected chi connectivity index (χ0v) is 17.1. The van der Waals surface area contributed by atoms with Crippen LogP contribution < -0.4 is 0 Å². The van der Waals surface area contributed by atoms with Crippen LogP contribution in [0, 0.1) is 17.8 Å². The molecule has 0 amide bonds. The summed E-state index contributed by atoms with van der Waals surface area (Å²) in [5.41, 5.74) is 1.12. The van der Waals surface area contributed by atoms with Crippen molar-refractivity contribution in [2.75, 3.05) is 7.11 Å². The van der Waals surface area contributed by atoms with Gasteiger partial charge in [-0.05, 0) is 31.7 Å². The SMILES string of the molecule is COC1=CC(=O)[C@H]2[C@@H](C1)C[C@H](OCc1ccccc1)[C@H]1O[C@@H]3OC(C)(C)O[C@@H]3[C@@H]12. The van der Waals surface area contributed by atoms with Crippen molar-refractivity contribution in [2.24, 2.45) is 17.8 Å². The van der Waals surface area contributed by atoms with E-state index in [9.17, 15) is 4.79 Å². The van der Waals surface area contributed by atoms with Gasteiger partial charge in [-0.2, -0.15) is 0 Å². The van der Waals surface area contributed by atoms with Crippen LogP contribution in [-0.2, 0) is 35.1 Å². The maximum Gasteiger partial charge on any atom is 0.187 e. The number of ether oxygens (including phenoxy) is 5. The fraction of sp³-hybridized carbons (Fsp3) is 0.609. The van der Waals surface area contributed by atoms with E-state index in [2.05, 4.69) is 12.1 Å². The van der Waals surface area contributed by atoms with E-state index in [-0.39, 0.29) is 41.8 Å². The molecule has 156 valence electrons. The van der Waals surface area contributed by atoms with Crippen molar-refractivity contribution in [3.8, 4) is 0 Å². The van der Waals surface area contributed by atoms with Crippen LogP contribution in [-0.4, -0.2) is 43.3 Å². The molecular formula is C23H28O6. The quantitative estimate of drug-likeness (QED) is 0.773. The fourth-order valence-electron chi connectivity index (χ4n) is 5.48. The Labute approximate surface area is 171 Å². The molecule has 1 aromatic carbocycles. The van der Waals surface area contributed by atoms with Crippen LogP contribution in [0.2, 0.25) is 0 Å². The first kappa shape index (κ1) is 19.2. The molecule has 6 heteroatoms. The Hall–Kier alpha value is -1.73. The largest absolute Gasteiger partial charge is 0.501 e. The second kappa shape index (κ2) is 7.20. The van der Waals surface area contributed by atoms with Crippen molar-refractivity contribution in [3.63, 3.8) is 0 Å². The molecule has 7 atom stereocenters. The summed E-state index contributed by atoms with van der Waals surface area (Å²) in [6, 6.07) is 10.1. The van der Waals surface area contributed by atoms with Crippen molar-refractivity contribution in [1.29, 1.82) is 0 Å². The summed E-state index contributed by atoms with van der Waals surface area (Å²) in [7, 11) is 1.62. The second-order valence-electron chi connectivity index (χ2n) is 8.92. The van der Waals surface area contributed by atoms with Crippen LogP contribution in [0.3, 0.4) is 0 Å². The molecule has 2 heterocycles. The van der Waals surface area contributed by atoms with Crippen LogP contribution >= 0.6 is 0 Å². The molecule has 0 bridgehead atoms. The first-order valence-corrected chi connectivity index (χ1v) is 10.4. The number of fused-ring (bicyclic) bond motifs is 5. The summed E-state index contributed by atoms with van der Waals surface area (Å²) in [6.45, 7) is 4.29. The first-order valence-electron chi connectivity index (χ1n) is 10.4. The van der Waals surface area contributed by atoms with Gasteiger partial charge in [0.1, 0.15) is 6.10 Å². The van der Waals surface area contributed by atoms with E-state index in [0.29, 0.717) is 6.61 Å². The maximum absolute atomic E-state index is 13.0. The summed E-state index contributed by atoms with van der Waals surface area (Å²) in [4.78, 5) is 13.0. The van der Waals surface area contributed by atoms with Crippen molar-refractivity contribution < 1.29 is 28.5 Å². The van der Waals surface area contributed by atoms with Gasteiger partial charge in [-0.25, -0.2) is 0 Å². The highest BCUT2D eigenvalue weighted by atomic mass is 16.8. The fourth-order valence-corrected chi connectivity index (χ4v) is 5.48. The molecule has 0 radical (unpaired) electrons. The molecule has 2 aliphatic carbocycles. The minimum Gasteiger partial charge on any atom is -0.501 e. The van der Waals surface area contributed by atoms with E-state index in [0.717, 1.165) is 24.2 Å². The summed E-state index contributed by atoms with van der Waals surface area (Å²) in [5.74, 6) is 0.0624. The number of hydrogen-bond acceptors (Lipinski definition) is 6. The van der Waals surface area contributed by atoms with Crippen LogP contribution in [0.25, 0.3) is 0 Å². The van der Waals surface area contributed by atoms with Gasteiger partial charge in [0, 0.05) is 24.3 Å². The lowest BCUT2D eigenvalue weighted by Gasteiger charge is -2.45. The Morgan fingerprint density at radius 2 is 1.93 bits per heavy atom. The average Bonchev–Trinajstić information content (AvgIpc) is 3.18. The Kier molecular flexibility index (Phi) is 4.78. The summed E-state index contributed by atoms with van der Waals surface area (Å²) in [5, 5.41) is 0. The topological polar surface area (TPSA) is 63.2 Å². The molecule has 29 heavy (non-hydrogen) atoms. The molecule has 1 aromatic rings.